The Bertz CT molecular complexity index is 394. The van der Waals surface area contributed by atoms with Crippen LogP contribution in [0.5, 0.6) is 0 Å². The maximum Gasteiger partial charge on any atom is 0.270 e. The minimum Gasteiger partial charge on any atom is -0.396 e. The minimum atomic E-state index is -0.674. The molecule has 0 aliphatic rings. The van der Waals surface area contributed by atoms with E-state index < -0.39 is 11.9 Å². The molecule has 0 atom stereocenters. The Morgan fingerprint density at radius 1 is 1.53 bits per heavy atom. The van der Waals surface area contributed by atoms with Crippen molar-refractivity contribution in [1.29, 1.82) is 0 Å². The maximum absolute atomic E-state index is 12.8. The molecule has 0 spiro atoms. The number of carbonyl (C=O) groups is 1. The molecule has 0 unspecified atom stereocenters. The van der Waals surface area contributed by atoms with Gasteiger partial charge in [-0.25, -0.2) is 4.98 Å². The lowest BCUT2D eigenvalue weighted by Crippen LogP contribution is -2.35. The van der Waals surface area contributed by atoms with Crippen molar-refractivity contribution in [1.82, 2.24) is 10.3 Å². The van der Waals surface area contributed by atoms with Gasteiger partial charge in [-0.05, 0) is 24.0 Å². The van der Waals surface area contributed by atoms with E-state index in [-0.39, 0.29) is 17.7 Å². The zero-order valence-electron chi connectivity index (χ0n) is 10.0. The van der Waals surface area contributed by atoms with Crippen LogP contribution >= 0.6 is 0 Å². The van der Waals surface area contributed by atoms with E-state index in [1.807, 2.05) is 13.8 Å². The van der Waals surface area contributed by atoms with E-state index in [2.05, 4.69) is 10.3 Å². The van der Waals surface area contributed by atoms with Crippen molar-refractivity contribution in [2.24, 2.45) is 5.41 Å². The van der Waals surface area contributed by atoms with E-state index in [1.165, 1.54) is 18.2 Å². The molecule has 0 saturated carbocycles. The Kier molecular flexibility index (Phi) is 4.57. The number of nitrogens with zero attached hydrogens (tertiary/aromatic N) is 1. The van der Waals surface area contributed by atoms with Crippen LogP contribution in [0.3, 0.4) is 0 Å². The average Bonchev–Trinajstić information content (AvgIpc) is 2.26. The first-order valence-corrected chi connectivity index (χ1v) is 5.46. The number of hydrogen-bond donors (Lipinski definition) is 2. The largest absolute Gasteiger partial charge is 0.396 e. The summed E-state index contributed by atoms with van der Waals surface area (Å²) in [6.07, 6.45) is 0.587. The van der Waals surface area contributed by atoms with Gasteiger partial charge >= 0.3 is 0 Å². The van der Waals surface area contributed by atoms with Gasteiger partial charge in [-0.1, -0.05) is 19.9 Å². The normalized spacial score (nSPS) is 11.3. The Morgan fingerprint density at radius 2 is 2.24 bits per heavy atom. The highest BCUT2D eigenvalue weighted by atomic mass is 19.1. The molecular weight excluding hydrogens is 223 g/mol. The number of aliphatic hydroxyl groups excluding tert-OH is 1. The fraction of sp³-hybridized carbons (Fsp3) is 0.500. The number of carbonyl (C=O) groups excluding carboxylic acids is 1. The number of hydrogen-bond acceptors (Lipinski definition) is 3. The van der Waals surface area contributed by atoms with Crippen molar-refractivity contribution < 1.29 is 14.3 Å². The van der Waals surface area contributed by atoms with Crippen LogP contribution in [-0.4, -0.2) is 29.1 Å². The SMILES string of the molecule is CC(C)(CCO)CNC(=O)c1cccc(F)n1. The van der Waals surface area contributed by atoms with Crippen LogP contribution in [0.15, 0.2) is 18.2 Å². The van der Waals surface area contributed by atoms with Gasteiger partial charge in [0, 0.05) is 13.2 Å². The van der Waals surface area contributed by atoms with Crippen molar-refractivity contribution in [3.63, 3.8) is 0 Å². The molecular formula is C12H17FN2O2. The lowest BCUT2D eigenvalue weighted by Gasteiger charge is -2.23. The fourth-order valence-corrected chi connectivity index (χ4v) is 1.34. The zero-order valence-corrected chi connectivity index (χ0v) is 10.0. The highest BCUT2D eigenvalue weighted by Gasteiger charge is 2.19. The lowest BCUT2D eigenvalue weighted by molar-refractivity contribution is 0.0922. The van der Waals surface area contributed by atoms with Gasteiger partial charge in [0.15, 0.2) is 0 Å². The third kappa shape index (κ3) is 4.48. The monoisotopic (exact) mass is 240 g/mol. The standard InChI is InChI=1S/C12H17FN2O2/c1-12(2,6-7-16)8-14-11(17)9-4-3-5-10(13)15-9/h3-5,16H,6-8H2,1-2H3,(H,14,17). The second kappa shape index (κ2) is 5.72. The van der Waals surface area contributed by atoms with E-state index in [1.54, 1.807) is 0 Å². The molecule has 0 radical (unpaired) electrons. The molecule has 1 aromatic rings. The first-order valence-electron chi connectivity index (χ1n) is 5.46. The zero-order chi connectivity index (χ0) is 12.9. The van der Waals surface area contributed by atoms with Gasteiger partial charge in [-0.15, -0.1) is 0 Å². The first kappa shape index (κ1) is 13.6. The van der Waals surface area contributed by atoms with Crippen LogP contribution in [0.4, 0.5) is 4.39 Å². The quantitative estimate of drug-likeness (QED) is 0.764. The van der Waals surface area contributed by atoms with Gasteiger partial charge in [0.05, 0.1) is 0 Å². The van der Waals surface area contributed by atoms with Crippen LogP contribution in [0, 0.1) is 11.4 Å². The van der Waals surface area contributed by atoms with Gasteiger partial charge in [0.25, 0.3) is 5.91 Å². The number of aliphatic hydroxyl groups is 1. The Labute approximate surface area is 99.9 Å². The molecule has 1 amide bonds. The van der Waals surface area contributed by atoms with Crippen LogP contribution in [-0.2, 0) is 0 Å². The van der Waals surface area contributed by atoms with E-state index in [4.69, 9.17) is 5.11 Å². The predicted octanol–water partition coefficient (Wildman–Crippen LogP) is 1.36. The Hall–Kier alpha value is -1.49. The van der Waals surface area contributed by atoms with Gasteiger partial charge in [0.1, 0.15) is 5.69 Å². The van der Waals surface area contributed by atoms with Crippen molar-refractivity contribution in [3.8, 4) is 0 Å². The summed E-state index contributed by atoms with van der Waals surface area (Å²) in [5, 5.41) is 11.5. The number of aromatic nitrogens is 1. The number of amides is 1. The van der Waals surface area contributed by atoms with Gasteiger partial charge < -0.3 is 10.4 Å². The Morgan fingerprint density at radius 3 is 2.82 bits per heavy atom. The molecule has 1 aromatic heterocycles. The van der Waals surface area contributed by atoms with Gasteiger partial charge in [-0.3, -0.25) is 4.79 Å². The molecule has 5 heteroatoms. The average molecular weight is 240 g/mol. The molecule has 0 fully saturated rings. The Balaban J connectivity index is 2.56. The summed E-state index contributed by atoms with van der Waals surface area (Å²) in [6.45, 7) is 4.34. The molecule has 0 aliphatic carbocycles. The van der Waals surface area contributed by atoms with E-state index in [9.17, 15) is 9.18 Å². The summed E-state index contributed by atoms with van der Waals surface area (Å²) in [5.41, 5.74) is -0.137. The number of halogens is 1. The molecule has 17 heavy (non-hydrogen) atoms. The molecule has 0 aliphatic heterocycles. The highest BCUT2D eigenvalue weighted by Crippen LogP contribution is 2.18. The molecule has 1 rings (SSSR count). The first-order chi connectivity index (χ1) is 7.94. The smallest absolute Gasteiger partial charge is 0.270 e. The molecule has 1 heterocycles. The summed E-state index contributed by atoms with van der Waals surface area (Å²) in [7, 11) is 0. The minimum absolute atomic E-state index is 0.0600. The summed E-state index contributed by atoms with van der Waals surface area (Å²) >= 11 is 0. The van der Waals surface area contributed by atoms with E-state index in [0.29, 0.717) is 13.0 Å². The molecule has 4 nitrogen and oxygen atoms in total. The molecule has 0 saturated heterocycles. The van der Waals surface area contributed by atoms with Crippen molar-refractivity contribution in [2.75, 3.05) is 13.2 Å². The lowest BCUT2D eigenvalue weighted by atomic mass is 9.90. The fourth-order valence-electron chi connectivity index (χ4n) is 1.34. The van der Waals surface area contributed by atoms with E-state index >= 15 is 0 Å². The molecule has 2 N–H and O–H groups in total. The third-order valence-electron chi connectivity index (χ3n) is 2.46. The van der Waals surface area contributed by atoms with Gasteiger partial charge in [0.2, 0.25) is 5.95 Å². The second-order valence-electron chi connectivity index (χ2n) is 4.67. The summed E-state index contributed by atoms with van der Waals surface area (Å²) in [5.74, 6) is -1.08. The summed E-state index contributed by atoms with van der Waals surface area (Å²) < 4.78 is 12.8. The maximum atomic E-state index is 12.8. The second-order valence-corrected chi connectivity index (χ2v) is 4.67. The predicted molar refractivity (Wildman–Crippen MR) is 62.0 cm³/mol. The van der Waals surface area contributed by atoms with Crippen molar-refractivity contribution >= 4 is 5.91 Å². The van der Waals surface area contributed by atoms with E-state index in [0.717, 1.165) is 0 Å². The molecule has 0 bridgehead atoms. The van der Waals surface area contributed by atoms with Crippen LogP contribution in [0.25, 0.3) is 0 Å². The third-order valence-corrected chi connectivity index (χ3v) is 2.46. The number of pyridine rings is 1. The number of rotatable bonds is 5. The van der Waals surface area contributed by atoms with Crippen LogP contribution in [0.1, 0.15) is 30.8 Å². The summed E-state index contributed by atoms with van der Waals surface area (Å²) in [4.78, 5) is 15.1. The van der Waals surface area contributed by atoms with Crippen molar-refractivity contribution in [3.05, 3.63) is 29.8 Å². The molecule has 94 valence electrons. The summed E-state index contributed by atoms with van der Waals surface area (Å²) in [6, 6.07) is 4.08. The topological polar surface area (TPSA) is 62.2 Å². The van der Waals surface area contributed by atoms with Crippen molar-refractivity contribution in [2.45, 2.75) is 20.3 Å². The number of nitrogens with one attached hydrogen (secondary N) is 1. The van der Waals surface area contributed by atoms with Crippen LogP contribution in [0.2, 0.25) is 0 Å². The van der Waals surface area contributed by atoms with Gasteiger partial charge in [-0.2, -0.15) is 4.39 Å². The molecule has 0 aromatic carbocycles. The highest BCUT2D eigenvalue weighted by molar-refractivity contribution is 5.92. The van der Waals surface area contributed by atoms with Crippen LogP contribution < -0.4 is 5.32 Å².